The van der Waals surface area contributed by atoms with Gasteiger partial charge in [0.25, 0.3) is 5.92 Å². The largest absolute Gasteiger partial charge is 0.274 e. The zero-order chi connectivity index (χ0) is 35.1. The van der Waals surface area contributed by atoms with Gasteiger partial charge in [-0.15, -0.1) is 0 Å². The molecular weight excluding hydrogens is 566 g/mol. The molecule has 252 valence electrons. The molecule has 0 aromatic heterocycles. The van der Waals surface area contributed by atoms with Crippen LogP contribution in [0.15, 0.2) is 72.8 Å². The molecule has 0 nitrogen and oxygen atoms in total. The Hall–Kier alpha value is -3.00. The van der Waals surface area contributed by atoms with E-state index in [1.54, 1.807) is 0 Å². The molecule has 2 heteroatoms. The third-order valence-electron chi connectivity index (χ3n) is 8.65. The van der Waals surface area contributed by atoms with E-state index in [0.29, 0.717) is 12.0 Å². The van der Waals surface area contributed by atoms with Crippen molar-refractivity contribution in [3.63, 3.8) is 0 Å². The summed E-state index contributed by atoms with van der Waals surface area (Å²) in [6, 6.07) is 25.9. The van der Waals surface area contributed by atoms with Gasteiger partial charge in [0.2, 0.25) is 0 Å². The number of aryl methyl sites for hydroxylation is 3. The van der Waals surface area contributed by atoms with E-state index in [0.717, 1.165) is 29.5 Å². The highest BCUT2D eigenvalue weighted by Gasteiger charge is 2.43. The molecule has 0 fully saturated rings. The highest BCUT2D eigenvalue weighted by atomic mass is 19.3. The summed E-state index contributed by atoms with van der Waals surface area (Å²) in [4.78, 5) is 0. The zero-order valence-corrected chi connectivity index (χ0v) is 31.5. The van der Waals surface area contributed by atoms with E-state index >= 15 is 0 Å². The fourth-order valence-corrected chi connectivity index (χ4v) is 6.16. The van der Waals surface area contributed by atoms with Gasteiger partial charge in [0.15, 0.2) is 0 Å². The summed E-state index contributed by atoms with van der Waals surface area (Å²) in [5.41, 5.74) is 9.17. The second kappa shape index (κ2) is 15.7. The quantitative estimate of drug-likeness (QED) is 0.207. The van der Waals surface area contributed by atoms with Crippen molar-refractivity contribution in [2.75, 3.05) is 0 Å². The minimum absolute atomic E-state index is 0.0217. The minimum Gasteiger partial charge on any atom is -0.201 e. The van der Waals surface area contributed by atoms with Crippen molar-refractivity contribution in [3.8, 4) is 0 Å². The van der Waals surface area contributed by atoms with Crippen LogP contribution < -0.4 is 0 Å². The number of alkyl halides is 2. The maximum Gasteiger partial charge on any atom is 0.274 e. The van der Waals surface area contributed by atoms with Crippen molar-refractivity contribution in [3.05, 3.63) is 117 Å². The Balaban J connectivity index is 0.000000240. The molecule has 0 bridgehead atoms. The van der Waals surface area contributed by atoms with Gasteiger partial charge in [-0.2, -0.15) is 0 Å². The Morgan fingerprint density at radius 3 is 1.65 bits per heavy atom. The van der Waals surface area contributed by atoms with Crippen molar-refractivity contribution >= 4 is 10.8 Å². The van der Waals surface area contributed by atoms with Crippen LogP contribution in [0, 0.1) is 13.8 Å². The number of rotatable bonds is 2. The predicted octanol–water partition coefficient (Wildman–Crippen LogP) is 13.7. The molecule has 0 N–H and O–H groups in total. The maximum atomic E-state index is 14.1. The zero-order valence-electron chi connectivity index (χ0n) is 31.5. The van der Waals surface area contributed by atoms with Crippen molar-refractivity contribution in [2.45, 2.75) is 145 Å². The molecule has 0 spiro atoms. The Bertz CT molecular complexity index is 1530. The first kappa shape index (κ1) is 39.2. The lowest BCUT2D eigenvalue weighted by Crippen LogP contribution is -2.17. The molecule has 0 atom stereocenters. The van der Waals surface area contributed by atoms with Crippen LogP contribution in [0.1, 0.15) is 140 Å². The normalized spacial score (nSPS) is 13.8. The van der Waals surface area contributed by atoms with Crippen LogP contribution in [0.5, 0.6) is 0 Å². The van der Waals surface area contributed by atoms with Gasteiger partial charge in [-0.25, -0.2) is 8.78 Å². The van der Waals surface area contributed by atoms with E-state index in [9.17, 15) is 8.78 Å². The molecule has 5 rings (SSSR count). The molecule has 0 aliphatic heterocycles. The Morgan fingerprint density at radius 1 is 0.630 bits per heavy atom. The van der Waals surface area contributed by atoms with Gasteiger partial charge in [0, 0.05) is 12.0 Å². The molecule has 4 aromatic rings. The van der Waals surface area contributed by atoms with E-state index in [4.69, 9.17) is 0 Å². The standard InChI is InChI=1S/C16H22F2.C15H18.C11H16.C2H6/c1-5-6-11-7-8-13(15(2,3)4)12-9-10-16(17,18)14(11)12;1-11-9-10-14(15(2,3)4)13-8-6-5-7-12(11)13;1-9-5-7-10(8-6-9)11(2,3)4;1-2/h7-8H,5-6,9-10H2,1-4H3;5-10H,1-4H3;5-8H,1-4H3;1-2H3. The van der Waals surface area contributed by atoms with Gasteiger partial charge in [-0.05, 0) is 87.1 Å². The number of fused-ring (bicyclic) bond motifs is 2. The highest BCUT2D eigenvalue weighted by molar-refractivity contribution is 5.89. The van der Waals surface area contributed by atoms with Gasteiger partial charge in [-0.1, -0.05) is 168 Å². The maximum absolute atomic E-state index is 14.1. The van der Waals surface area contributed by atoms with Crippen LogP contribution in [0.25, 0.3) is 10.8 Å². The Kier molecular flexibility index (Phi) is 13.4. The van der Waals surface area contributed by atoms with Gasteiger partial charge >= 0.3 is 0 Å². The van der Waals surface area contributed by atoms with Crippen LogP contribution in [0.4, 0.5) is 8.78 Å². The topological polar surface area (TPSA) is 0 Å². The van der Waals surface area contributed by atoms with E-state index in [1.807, 2.05) is 26.8 Å². The average Bonchev–Trinajstić information content (AvgIpc) is 3.29. The van der Waals surface area contributed by atoms with E-state index in [-0.39, 0.29) is 22.7 Å². The number of benzene rings is 4. The average molecular weight is 629 g/mol. The van der Waals surface area contributed by atoms with Gasteiger partial charge < -0.3 is 0 Å². The second-order valence-electron chi connectivity index (χ2n) is 15.7. The van der Waals surface area contributed by atoms with Gasteiger partial charge in [0.05, 0.1) is 0 Å². The molecule has 4 aromatic carbocycles. The molecule has 0 amide bonds. The summed E-state index contributed by atoms with van der Waals surface area (Å²) in [6.45, 7) is 30.1. The van der Waals surface area contributed by atoms with Crippen LogP contribution >= 0.6 is 0 Å². The fraction of sp³-hybridized carbons (Fsp3) is 0.500. The lowest BCUT2D eigenvalue weighted by Gasteiger charge is -2.25. The van der Waals surface area contributed by atoms with E-state index in [1.165, 1.54) is 33.0 Å². The highest BCUT2D eigenvalue weighted by Crippen LogP contribution is 2.47. The number of hydrogen-bond donors (Lipinski definition) is 0. The molecule has 0 heterocycles. The van der Waals surface area contributed by atoms with E-state index in [2.05, 4.69) is 143 Å². The summed E-state index contributed by atoms with van der Waals surface area (Å²) in [7, 11) is 0. The van der Waals surface area contributed by atoms with Crippen molar-refractivity contribution < 1.29 is 8.78 Å². The number of halogens is 2. The molecule has 1 aliphatic carbocycles. The van der Waals surface area contributed by atoms with Crippen LogP contribution in [-0.4, -0.2) is 0 Å². The Labute approximate surface area is 281 Å². The molecule has 46 heavy (non-hydrogen) atoms. The Morgan fingerprint density at radius 2 is 1.15 bits per heavy atom. The fourth-order valence-electron chi connectivity index (χ4n) is 6.16. The number of hydrogen-bond acceptors (Lipinski definition) is 0. The minimum atomic E-state index is -2.62. The van der Waals surface area contributed by atoms with Crippen LogP contribution in [-0.2, 0) is 35.0 Å². The smallest absolute Gasteiger partial charge is 0.201 e. The molecule has 0 unspecified atom stereocenters. The summed E-state index contributed by atoms with van der Waals surface area (Å²) in [5, 5.41) is 2.77. The molecular formula is C44H62F2. The van der Waals surface area contributed by atoms with Crippen molar-refractivity contribution in [1.82, 2.24) is 0 Å². The predicted molar refractivity (Wildman–Crippen MR) is 200 cm³/mol. The van der Waals surface area contributed by atoms with Crippen LogP contribution in [0.2, 0.25) is 0 Å². The summed E-state index contributed by atoms with van der Waals surface area (Å²) >= 11 is 0. The molecule has 0 saturated carbocycles. The third-order valence-corrected chi connectivity index (χ3v) is 8.65. The molecule has 1 aliphatic rings. The second-order valence-corrected chi connectivity index (χ2v) is 15.7. The lowest BCUT2D eigenvalue weighted by atomic mass is 9.81. The summed E-state index contributed by atoms with van der Waals surface area (Å²) in [6.07, 6.45) is 2.17. The van der Waals surface area contributed by atoms with Gasteiger partial charge in [-0.3, -0.25) is 0 Å². The van der Waals surface area contributed by atoms with Gasteiger partial charge in [0.1, 0.15) is 0 Å². The summed E-state index contributed by atoms with van der Waals surface area (Å²) < 4.78 is 28.2. The monoisotopic (exact) mass is 628 g/mol. The first-order valence-electron chi connectivity index (χ1n) is 17.4. The summed E-state index contributed by atoms with van der Waals surface area (Å²) in [5.74, 6) is -2.62. The lowest BCUT2D eigenvalue weighted by molar-refractivity contribution is -0.00264. The van der Waals surface area contributed by atoms with Crippen molar-refractivity contribution in [2.24, 2.45) is 0 Å². The van der Waals surface area contributed by atoms with Crippen molar-refractivity contribution in [1.29, 1.82) is 0 Å². The SMILES string of the molecule is CC.CCCc1ccc(C(C)(C)C)c2c1C(F)(F)CC2.Cc1ccc(C(C)(C)C)c2ccccc12.Cc1ccc(C(C)(C)C)cc1. The first-order chi connectivity index (χ1) is 21.3. The molecule has 0 radical (unpaired) electrons. The first-order valence-corrected chi connectivity index (χ1v) is 17.4. The van der Waals surface area contributed by atoms with Crippen LogP contribution in [0.3, 0.4) is 0 Å². The van der Waals surface area contributed by atoms with E-state index < -0.39 is 5.92 Å². The third kappa shape index (κ3) is 10.00. The molecule has 0 saturated heterocycles.